The second-order valence-electron chi connectivity index (χ2n) is 5.49. The van der Waals surface area contributed by atoms with Gasteiger partial charge < -0.3 is 37.9 Å². The van der Waals surface area contributed by atoms with Crippen LogP contribution in [-0.4, -0.2) is 92.0 Å². The minimum absolute atomic E-state index is 0.106. The van der Waals surface area contributed by atoms with Gasteiger partial charge in [-0.05, 0) is 0 Å². The quantitative estimate of drug-likeness (QED) is 0.279. The smallest absolute Gasteiger partial charge is 0.352 e. The molecular weight excluding hydrogens is 440 g/mol. The van der Waals surface area contributed by atoms with Crippen molar-refractivity contribution >= 4 is 35.2 Å². The number of carbonyl (C=O) groups excluding carboxylic acids is 4. The van der Waals surface area contributed by atoms with Crippen LogP contribution in [0.5, 0.6) is 11.5 Å². The van der Waals surface area contributed by atoms with Crippen molar-refractivity contribution in [2.45, 2.75) is 0 Å². The van der Waals surface area contributed by atoms with E-state index >= 15 is 0 Å². The SMILES string of the molecule is COCCOC(=O)c1sc(C(=O)OCCOC)c(OC(=O)COC)c1OC(=O)COC. The Hall–Kier alpha value is -2.58. The van der Waals surface area contributed by atoms with Gasteiger partial charge in [-0.2, -0.15) is 0 Å². The van der Waals surface area contributed by atoms with Crippen molar-refractivity contribution in [1.82, 2.24) is 0 Å². The number of hydrogen-bond donors (Lipinski definition) is 0. The molecule has 1 aromatic heterocycles. The van der Waals surface area contributed by atoms with E-state index in [9.17, 15) is 19.2 Å². The molecule has 0 aliphatic carbocycles. The van der Waals surface area contributed by atoms with Gasteiger partial charge in [0.05, 0.1) is 13.2 Å². The average molecular weight is 464 g/mol. The van der Waals surface area contributed by atoms with Gasteiger partial charge in [0.1, 0.15) is 26.4 Å². The van der Waals surface area contributed by atoms with Crippen LogP contribution in [0.25, 0.3) is 0 Å². The van der Waals surface area contributed by atoms with Crippen LogP contribution in [0, 0.1) is 0 Å². The van der Waals surface area contributed by atoms with E-state index in [-0.39, 0.29) is 36.2 Å². The Morgan fingerprint density at radius 2 is 1.00 bits per heavy atom. The van der Waals surface area contributed by atoms with Gasteiger partial charge in [-0.3, -0.25) is 0 Å². The van der Waals surface area contributed by atoms with E-state index in [4.69, 9.17) is 37.9 Å². The minimum atomic E-state index is -0.928. The van der Waals surface area contributed by atoms with E-state index in [2.05, 4.69) is 0 Å². The lowest BCUT2D eigenvalue weighted by Crippen LogP contribution is -2.19. The first-order valence-corrected chi connectivity index (χ1v) is 9.59. The summed E-state index contributed by atoms with van der Waals surface area (Å²) in [5.74, 6) is -4.62. The third-order valence-corrected chi connectivity index (χ3v) is 4.30. The highest BCUT2D eigenvalue weighted by Gasteiger charge is 2.33. The summed E-state index contributed by atoms with van der Waals surface area (Å²) in [6, 6.07) is 0. The van der Waals surface area contributed by atoms with Crippen LogP contribution in [0.4, 0.5) is 0 Å². The Morgan fingerprint density at radius 3 is 1.32 bits per heavy atom. The van der Waals surface area contributed by atoms with Gasteiger partial charge in [0.15, 0.2) is 21.3 Å². The third-order valence-electron chi connectivity index (χ3n) is 3.19. The lowest BCUT2D eigenvalue weighted by molar-refractivity contribution is -0.141. The van der Waals surface area contributed by atoms with E-state index in [0.29, 0.717) is 11.3 Å². The molecule has 0 atom stereocenters. The first-order chi connectivity index (χ1) is 14.9. The number of esters is 4. The Kier molecular flexibility index (Phi) is 12.3. The van der Waals surface area contributed by atoms with Gasteiger partial charge >= 0.3 is 23.9 Å². The molecule has 0 spiro atoms. The maximum absolute atomic E-state index is 12.5. The molecule has 1 rings (SSSR count). The van der Waals surface area contributed by atoms with Crippen molar-refractivity contribution < 1.29 is 57.1 Å². The van der Waals surface area contributed by atoms with E-state index in [1.807, 2.05) is 0 Å². The molecule has 1 aromatic rings. The maximum atomic E-state index is 12.5. The van der Waals surface area contributed by atoms with Gasteiger partial charge in [-0.15, -0.1) is 11.3 Å². The van der Waals surface area contributed by atoms with Gasteiger partial charge in [0.2, 0.25) is 0 Å². The van der Waals surface area contributed by atoms with E-state index in [1.165, 1.54) is 28.4 Å². The molecule has 13 heteroatoms. The number of ether oxygens (including phenoxy) is 8. The highest BCUT2D eigenvalue weighted by atomic mass is 32.1. The monoisotopic (exact) mass is 464 g/mol. The fourth-order valence-corrected chi connectivity index (χ4v) is 2.89. The topological polar surface area (TPSA) is 142 Å². The van der Waals surface area contributed by atoms with Crippen LogP contribution >= 0.6 is 11.3 Å². The molecule has 0 aliphatic heterocycles. The number of rotatable bonds is 14. The second-order valence-corrected chi connectivity index (χ2v) is 6.51. The van der Waals surface area contributed by atoms with Crippen LogP contribution in [0.3, 0.4) is 0 Å². The van der Waals surface area contributed by atoms with Crippen molar-refractivity contribution in [3.8, 4) is 11.5 Å². The largest absolute Gasteiger partial charge is 0.459 e. The molecule has 0 bridgehead atoms. The summed E-state index contributed by atoms with van der Waals surface area (Å²) >= 11 is 0.572. The van der Waals surface area contributed by atoms with Crippen molar-refractivity contribution in [1.29, 1.82) is 0 Å². The summed E-state index contributed by atoms with van der Waals surface area (Å²) in [7, 11) is 5.34. The Bertz CT molecular complexity index is 696. The molecule has 0 aromatic carbocycles. The molecular formula is C18H24O12S. The van der Waals surface area contributed by atoms with Crippen molar-refractivity contribution in [3.63, 3.8) is 0 Å². The van der Waals surface area contributed by atoms with E-state index in [1.54, 1.807) is 0 Å². The molecule has 0 radical (unpaired) electrons. The summed E-state index contributed by atoms with van der Waals surface area (Å²) in [4.78, 5) is 48.4. The summed E-state index contributed by atoms with van der Waals surface area (Å²) in [5.41, 5.74) is 0. The Balaban J connectivity index is 3.39. The molecule has 0 amide bonds. The normalized spacial score (nSPS) is 10.5. The summed E-state index contributed by atoms with van der Waals surface area (Å²) in [6.45, 7) is -0.925. The third kappa shape index (κ3) is 8.59. The predicted octanol–water partition coefficient (Wildman–Crippen LogP) is 0.458. The highest BCUT2D eigenvalue weighted by molar-refractivity contribution is 7.16. The van der Waals surface area contributed by atoms with Crippen LogP contribution in [0.15, 0.2) is 0 Å². The van der Waals surface area contributed by atoms with Gasteiger partial charge in [-0.1, -0.05) is 0 Å². The molecule has 0 aliphatic rings. The Morgan fingerprint density at radius 1 is 0.613 bits per heavy atom. The van der Waals surface area contributed by atoms with E-state index < -0.39 is 48.6 Å². The summed E-state index contributed by atoms with van der Waals surface area (Å²) in [5, 5.41) is 0. The standard InChI is InChI=1S/C18H24O12S/c1-23-5-7-27-17(21)15-13(29-11(19)9-25-3)14(30-12(20)10-26-4)16(31-15)18(22)28-8-6-24-2/h5-10H2,1-4H3. The predicted molar refractivity (Wildman–Crippen MR) is 104 cm³/mol. The van der Waals surface area contributed by atoms with Crippen LogP contribution < -0.4 is 9.47 Å². The Labute approximate surface area is 182 Å². The van der Waals surface area contributed by atoms with Crippen molar-refractivity contribution in [3.05, 3.63) is 9.75 Å². The molecule has 0 saturated carbocycles. The number of carbonyl (C=O) groups is 4. The molecule has 12 nitrogen and oxygen atoms in total. The summed E-state index contributed by atoms with van der Waals surface area (Å²) in [6.07, 6.45) is 0. The first-order valence-electron chi connectivity index (χ1n) is 8.77. The molecule has 0 saturated heterocycles. The molecule has 31 heavy (non-hydrogen) atoms. The zero-order valence-corrected chi connectivity index (χ0v) is 18.4. The van der Waals surface area contributed by atoms with Crippen LogP contribution in [0.2, 0.25) is 0 Å². The number of methoxy groups -OCH3 is 4. The molecule has 1 heterocycles. The molecule has 0 N–H and O–H groups in total. The fraction of sp³-hybridized carbons (Fsp3) is 0.556. The lowest BCUT2D eigenvalue weighted by Gasteiger charge is -2.10. The van der Waals surface area contributed by atoms with Gasteiger partial charge in [0.25, 0.3) is 0 Å². The van der Waals surface area contributed by atoms with Crippen molar-refractivity contribution in [2.24, 2.45) is 0 Å². The number of hydrogen-bond acceptors (Lipinski definition) is 13. The highest BCUT2D eigenvalue weighted by Crippen LogP contribution is 2.43. The summed E-state index contributed by atoms with van der Waals surface area (Å²) < 4.78 is 39.4. The van der Waals surface area contributed by atoms with Gasteiger partial charge in [0, 0.05) is 28.4 Å². The zero-order valence-electron chi connectivity index (χ0n) is 17.5. The fourth-order valence-electron chi connectivity index (χ4n) is 1.94. The first kappa shape index (κ1) is 26.5. The van der Waals surface area contributed by atoms with E-state index in [0.717, 1.165) is 0 Å². The molecule has 174 valence electrons. The lowest BCUT2D eigenvalue weighted by atomic mass is 10.3. The average Bonchev–Trinajstić information content (AvgIpc) is 3.06. The maximum Gasteiger partial charge on any atom is 0.352 e. The van der Waals surface area contributed by atoms with Crippen molar-refractivity contribution in [2.75, 3.05) is 68.1 Å². The molecule has 0 unspecified atom stereocenters. The number of thiophene rings is 1. The van der Waals surface area contributed by atoms with Gasteiger partial charge in [-0.25, -0.2) is 19.2 Å². The van der Waals surface area contributed by atoms with Crippen LogP contribution in [0.1, 0.15) is 19.3 Å². The minimum Gasteiger partial charge on any atom is -0.459 e. The van der Waals surface area contributed by atoms with Crippen LogP contribution in [-0.2, 0) is 38.0 Å². The zero-order chi connectivity index (χ0) is 23.2. The molecule has 0 fully saturated rings. The second kappa shape index (κ2) is 14.4.